The maximum Gasteiger partial charge on any atom is 0.254 e. The highest BCUT2D eigenvalue weighted by Gasteiger charge is 2.26. The van der Waals surface area contributed by atoms with Gasteiger partial charge in [-0.25, -0.2) is 9.67 Å². The summed E-state index contributed by atoms with van der Waals surface area (Å²) >= 11 is 0. The van der Waals surface area contributed by atoms with Crippen LogP contribution in [0, 0.1) is 0 Å². The number of rotatable bonds is 5. The van der Waals surface area contributed by atoms with Gasteiger partial charge in [0.2, 0.25) is 6.79 Å². The minimum Gasteiger partial charge on any atom is -0.454 e. The molecule has 1 amide bonds. The van der Waals surface area contributed by atoms with Crippen LogP contribution in [0.15, 0.2) is 30.5 Å². The van der Waals surface area contributed by atoms with Crippen LogP contribution in [0.25, 0.3) is 11.0 Å². The fourth-order valence-electron chi connectivity index (χ4n) is 4.46. The van der Waals surface area contributed by atoms with Gasteiger partial charge in [0.25, 0.3) is 5.91 Å². The molecule has 4 heterocycles. The van der Waals surface area contributed by atoms with Gasteiger partial charge in [-0.1, -0.05) is 19.9 Å². The van der Waals surface area contributed by atoms with E-state index in [2.05, 4.69) is 43.8 Å². The molecule has 0 unspecified atom stereocenters. The second kappa shape index (κ2) is 8.67. The Balaban J connectivity index is 1.31. The Morgan fingerprint density at radius 1 is 1.03 bits per heavy atom. The first-order valence-electron chi connectivity index (χ1n) is 11.7. The zero-order chi connectivity index (χ0) is 23.1. The first-order valence-corrected chi connectivity index (χ1v) is 11.7. The largest absolute Gasteiger partial charge is 0.454 e. The van der Waals surface area contributed by atoms with Crippen LogP contribution in [0.2, 0.25) is 0 Å². The third-order valence-corrected chi connectivity index (χ3v) is 6.40. The van der Waals surface area contributed by atoms with Crippen molar-refractivity contribution in [3.63, 3.8) is 0 Å². The molecule has 0 radical (unpaired) electrons. The lowest BCUT2D eigenvalue weighted by Crippen LogP contribution is -2.48. The van der Waals surface area contributed by atoms with Crippen molar-refractivity contribution in [2.75, 3.05) is 33.0 Å². The van der Waals surface area contributed by atoms with Crippen molar-refractivity contribution in [3.8, 4) is 11.5 Å². The van der Waals surface area contributed by atoms with E-state index >= 15 is 0 Å². The van der Waals surface area contributed by atoms with E-state index in [4.69, 9.17) is 14.5 Å². The zero-order valence-corrected chi connectivity index (χ0v) is 19.7. The summed E-state index contributed by atoms with van der Waals surface area (Å²) in [7, 11) is 0. The number of benzene rings is 1. The van der Waals surface area contributed by atoms with Crippen LogP contribution >= 0.6 is 0 Å². The first kappa shape index (κ1) is 21.7. The number of pyridine rings is 1. The monoisotopic (exact) mass is 449 g/mol. The smallest absolute Gasteiger partial charge is 0.254 e. The van der Waals surface area contributed by atoms with Crippen LogP contribution in [0.1, 0.15) is 61.3 Å². The number of hydrogen-bond donors (Lipinski definition) is 0. The number of amides is 1. The Kier molecular flexibility index (Phi) is 5.70. The number of piperazine rings is 1. The number of nitrogens with zero attached hydrogens (tertiary/aromatic N) is 5. The Morgan fingerprint density at radius 3 is 2.52 bits per heavy atom. The molecule has 0 aliphatic carbocycles. The summed E-state index contributed by atoms with van der Waals surface area (Å²) < 4.78 is 12.8. The molecule has 2 aliphatic heterocycles. The van der Waals surface area contributed by atoms with Gasteiger partial charge in [-0.05, 0) is 43.5 Å². The molecule has 1 fully saturated rings. The summed E-state index contributed by atoms with van der Waals surface area (Å²) in [5.41, 5.74) is 3.62. The third-order valence-electron chi connectivity index (χ3n) is 6.40. The van der Waals surface area contributed by atoms with E-state index < -0.39 is 0 Å². The Bertz CT molecular complexity index is 1180. The number of aromatic nitrogens is 3. The molecule has 8 nitrogen and oxygen atoms in total. The average Bonchev–Trinajstić information content (AvgIpc) is 3.45. The van der Waals surface area contributed by atoms with Crippen molar-refractivity contribution in [2.45, 2.75) is 46.2 Å². The summed E-state index contributed by atoms with van der Waals surface area (Å²) in [6.07, 6.45) is 1.79. The highest BCUT2D eigenvalue weighted by Crippen LogP contribution is 2.33. The standard InChI is InChI=1S/C25H31N5O3/c1-16(2)21-12-19(20-13-26-30(17(3)4)24(20)27-21)25(31)29-9-7-28(8-10-29)14-18-5-6-22-23(11-18)33-15-32-22/h5-6,11-13,16-17H,7-10,14-15H2,1-4H3. The zero-order valence-electron chi connectivity index (χ0n) is 19.7. The van der Waals surface area contributed by atoms with Gasteiger partial charge in [0.05, 0.1) is 17.1 Å². The van der Waals surface area contributed by atoms with Crippen LogP contribution in [-0.4, -0.2) is 63.4 Å². The van der Waals surface area contributed by atoms with Crippen molar-refractivity contribution < 1.29 is 14.3 Å². The molecule has 2 aliphatic rings. The Hall–Kier alpha value is -3.13. The van der Waals surface area contributed by atoms with Crippen molar-refractivity contribution in [1.82, 2.24) is 24.6 Å². The molecule has 0 spiro atoms. The fraction of sp³-hybridized carbons (Fsp3) is 0.480. The molecule has 1 aromatic carbocycles. The highest BCUT2D eigenvalue weighted by atomic mass is 16.7. The molecule has 3 aromatic rings. The summed E-state index contributed by atoms with van der Waals surface area (Å²) in [5.74, 6) is 1.91. The number of carbonyl (C=O) groups is 1. The number of hydrogen-bond acceptors (Lipinski definition) is 6. The molecule has 0 bridgehead atoms. The van der Waals surface area contributed by atoms with Gasteiger partial charge < -0.3 is 14.4 Å². The molecule has 5 rings (SSSR count). The van der Waals surface area contributed by atoms with Gasteiger partial charge in [-0.15, -0.1) is 0 Å². The molecule has 1 saturated heterocycles. The molecular weight excluding hydrogens is 418 g/mol. The summed E-state index contributed by atoms with van der Waals surface area (Å²) in [4.78, 5) is 22.7. The first-order chi connectivity index (χ1) is 15.9. The van der Waals surface area contributed by atoms with E-state index in [0.717, 1.165) is 47.9 Å². The lowest BCUT2D eigenvalue weighted by Gasteiger charge is -2.35. The van der Waals surface area contributed by atoms with E-state index in [-0.39, 0.29) is 24.7 Å². The van der Waals surface area contributed by atoms with Gasteiger partial charge in [0.15, 0.2) is 17.1 Å². The van der Waals surface area contributed by atoms with Gasteiger partial charge in [0.1, 0.15) is 0 Å². The predicted molar refractivity (Wildman–Crippen MR) is 126 cm³/mol. The summed E-state index contributed by atoms with van der Waals surface area (Å²) in [6.45, 7) is 12.5. The molecule has 0 saturated carbocycles. The maximum atomic E-state index is 13.6. The Labute approximate surface area is 194 Å². The molecule has 0 N–H and O–H groups in total. The average molecular weight is 450 g/mol. The van der Waals surface area contributed by atoms with Crippen LogP contribution < -0.4 is 9.47 Å². The van der Waals surface area contributed by atoms with E-state index in [1.165, 1.54) is 5.56 Å². The minimum atomic E-state index is 0.0651. The maximum absolute atomic E-state index is 13.6. The SMILES string of the molecule is CC(C)c1cc(C(=O)N2CCN(Cc3ccc4c(c3)OCO4)CC2)c2cnn(C(C)C)c2n1. The van der Waals surface area contributed by atoms with Gasteiger partial charge in [-0.2, -0.15) is 5.10 Å². The minimum absolute atomic E-state index is 0.0651. The van der Waals surface area contributed by atoms with Crippen LogP contribution in [-0.2, 0) is 6.54 Å². The molecular formula is C25H31N5O3. The second-order valence-corrected chi connectivity index (χ2v) is 9.43. The van der Waals surface area contributed by atoms with Crippen molar-refractivity contribution in [1.29, 1.82) is 0 Å². The number of carbonyl (C=O) groups excluding carboxylic acids is 1. The van der Waals surface area contributed by atoms with Crippen molar-refractivity contribution in [2.24, 2.45) is 0 Å². The molecule has 174 valence electrons. The lowest BCUT2D eigenvalue weighted by molar-refractivity contribution is 0.0630. The molecule has 0 atom stereocenters. The second-order valence-electron chi connectivity index (χ2n) is 9.43. The molecule has 8 heteroatoms. The normalized spacial score (nSPS) is 16.4. The molecule has 33 heavy (non-hydrogen) atoms. The van der Waals surface area contributed by atoms with Crippen LogP contribution in [0.3, 0.4) is 0 Å². The summed E-state index contributed by atoms with van der Waals surface area (Å²) in [6, 6.07) is 8.24. The van der Waals surface area contributed by atoms with Gasteiger partial charge in [-0.3, -0.25) is 9.69 Å². The Morgan fingerprint density at radius 2 is 1.79 bits per heavy atom. The van der Waals surface area contributed by atoms with Gasteiger partial charge in [0, 0.05) is 44.5 Å². The van der Waals surface area contributed by atoms with Crippen molar-refractivity contribution >= 4 is 16.9 Å². The summed E-state index contributed by atoms with van der Waals surface area (Å²) in [5, 5.41) is 5.36. The van der Waals surface area contributed by atoms with E-state index in [9.17, 15) is 4.79 Å². The van der Waals surface area contributed by atoms with E-state index in [0.29, 0.717) is 18.7 Å². The molecule has 2 aromatic heterocycles. The highest BCUT2D eigenvalue weighted by molar-refractivity contribution is 6.05. The number of fused-ring (bicyclic) bond motifs is 2. The fourth-order valence-corrected chi connectivity index (χ4v) is 4.46. The quantitative estimate of drug-likeness (QED) is 0.590. The van der Waals surface area contributed by atoms with E-state index in [1.807, 2.05) is 27.8 Å². The van der Waals surface area contributed by atoms with E-state index in [1.54, 1.807) is 6.20 Å². The predicted octanol–water partition coefficient (Wildman–Crippen LogP) is 3.82. The van der Waals surface area contributed by atoms with Crippen LogP contribution in [0.4, 0.5) is 0 Å². The number of ether oxygens (including phenoxy) is 2. The lowest BCUT2D eigenvalue weighted by atomic mass is 10.0. The van der Waals surface area contributed by atoms with Crippen LogP contribution in [0.5, 0.6) is 11.5 Å². The van der Waals surface area contributed by atoms with Crippen molar-refractivity contribution in [3.05, 3.63) is 47.3 Å². The van der Waals surface area contributed by atoms with Gasteiger partial charge >= 0.3 is 0 Å². The topological polar surface area (TPSA) is 72.7 Å². The third kappa shape index (κ3) is 4.15.